The molecule has 1 saturated carbocycles. The fourth-order valence-corrected chi connectivity index (χ4v) is 5.47. The Labute approximate surface area is 207 Å². The number of carbonyl (C=O) groups is 1. The summed E-state index contributed by atoms with van der Waals surface area (Å²) in [7, 11) is 1.76. The highest BCUT2D eigenvalue weighted by atomic mass is 16.2. The van der Waals surface area contributed by atoms with Gasteiger partial charge in [-0.3, -0.25) is 9.59 Å². The number of benzene rings is 2. The van der Waals surface area contributed by atoms with Crippen molar-refractivity contribution in [3.05, 3.63) is 105 Å². The van der Waals surface area contributed by atoms with Gasteiger partial charge in [0.15, 0.2) is 0 Å². The van der Waals surface area contributed by atoms with Gasteiger partial charge in [0.05, 0.1) is 5.92 Å². The number of nitrogens with zero attached hydrogens (tertiary/aromatic N) is 2. The first-order valence-electron chi connectivity index (χ1n) is 12.8. The third-order valence-electron chi connectivity index (χ3n) is 7.43. The summed E-state index contributed by atoms with van der Waals surface area (Å²) in [6, 6.07) is 21.3. The van der Waals surface area contributed by atoms with Crippen LogP contribution in [-0.2, 0) is 24.8 Å². The summed E-state index contributed by atoms with van der Waals surface area (Å²) in [5.41, 5.74) is 5.98. The average molecular weight is 470 g/mol. The molecule has 2 aliphatic rings. The minimum Gasteiger partial charge on any atom is -0.335 e. The Bertz CT molecular complexity index is 1250. The summed E-state index contributed by atoms with van der Waals surface area (Å²) < 4.78 is 1.59. The van der Waals surface area contributed by atoms with E-state index in [1.807, 2.05) is 18.3 Å². The van der Waals surface area contributed by atoms with Gasteiger partial charge in [-0.25, -0.2) is 0 Å². The first-order valence-corrected chi connectivity index (χ1v) is 12.8. The van der Waals surface area contributed by atoms with Crippen LogP contribution in [0.2, 0.25) is 0 Å². The normalized spacial score (nSPS) is 19.9. The maximum absolute atomic E-state index is 14.0. The van der Waals surface area contributed by atoms with Crippen molar-refractivity contribution < 1.29 is 4.79 Å². The van der Waals surface area contributed by atoms with Crippen LogP contribution in [0.4, 0.5) is 0 Å². The van der Waals surface area contributed by atoms with E-state index in [1.165, 1.54) is 22.3 Å². The Morgan fingerprint density at radius 2 is 1.77 bits per heavy atom. The zero-order valence-corrected chi connectivity index (χ0v) is 20.7. The SMILES string of the molecule is Cc1cc(Cc2ccccc2)cc(CN(C(=O)C2CNCCC2c2ccn(C)c(=O)c2)C2CC2)c1. The van der Waals surface area contributed by atoms with E-state index in [-0.39, 0.29) is 23.3 Å². The van der Waals surface area contributed by atoms with Crippen molar-refractivity contribution in [3.63, 3.8) is 0 Å². The first kappa shape index (κ1) is 23.6. The number of aryl methyl sites for hydroxylation is 2. The van der Waals surface area contributed by atoms with Crippen molar-refractivity contribution in [1.82, 2.24) is 14.8 Å². The van der Waals surface area contributed by atoms with Gasteiger partial charge in [0, 0.05) is 38.4 Å². The van der Waals surface area contributed by atoms with E-state index in [4.69, 9.17) is 0 Å². The number of amides is 1. The lowest BCUT2D eigenvalue weighted by molar-refractivity contribution is -0.138. The van der Waals surface area contributed by atoms with Crippen LogP contribution in [0.15, 0.2) is 71.7 Å². The first-order chi connectivity index (χ1) is 17.0. The molecule has 1 aliphatic carbocycles. The van der Waals surface area contributed by atoms with Crippen LogP contribution < -0.4 is 10.9 Å². The van der Waals surface area contributed by atoms with Gasteiger partial charge in [-0.1, -0.05) is 54.1 Å². The lowest BCUT2D eigenvalue weighted by Crippen LogP contribution is -2.47. The Balaban J connectivity index is 1.38. The van der Waals surface area contributed by atoms with Gasteiger partial charge in [0.25, 0.3) is 5.56 Å². The topological polar surface area (TPSA) is 54.3 Å². The molecule has 5 nitrogen and oxygen atoms in total. The number of hydrogen-bond acceptors (Lipinski definition) is 3. The Morgan fingerprint density at radius 3 is 2.51 bits per heavy atom. The molecule has 2 heterocycles. The van der Waals surface area contributed by atoms with Crippen LogP contribution in [0.25, 0.3) is 0 Å². The van der Waals surface area contributed by atoms with E-state index >= 15 is 0 Å². The third-order valence-corrected chi connectivity index (χ3v) is 7.43. The lowest BCUT2D eigenvalue weighted by Gasteiger charge is -2.36. The molecule has 1 aliphatic heterocycles. The van der Waals surface area contributed by atoms with Crippen LogP contribution in [0.5, 0.6) is 0 Å². The fourth-order valence-electron chi connectivity index (χ4n) is 5.47. The number of carbonyl (C=O) groups excluding carboxylic acids is 1. The molecule has 3 aromatic rings. The molecule has 0 spiro atoms. The van der Waals surface area contributed by atoms with Crippen molar-refractivity contribution in [1.29, 1.82) is 0 Å². The number of hydrogen-bond donors (Lipinski definition) is 1. The number of pyridine rings is 1. The van der Waals surface area contributed by atoms with Crippen LogP contribution in [-0.4, -0.2) is 34.5 Å². The molecule has 0 bridgehead atoms. The van der Waals surface area contributed by atoms with Gasteiger partial charge in [0.2, 0.25) is 5.91 Å². The molecular weight excluding hydrogens is 434 g/mol. The second-order valence-electron chi connectivity index (χ2n) is 10.3. The second kappa shape index (κ2) is 10.2. The summed E-state index contributed by atoms with van der Waals surface area (Å²) in [4.78, 5) is 28.4. The van der Waals surface area contributed by atoms with Crippen molar-refractivity contribution >= 4 is 5.91 Å². The maximum atomic E-state index is 14.0. The van der Waals surface area contributed by atoms with E-state index in [0.29, 0.717) is 19.1 Å². The van der Waals surface area contributed by atoms with Gasteiger partial charge >= 0.3 is 0 Å². The summed E-state index contributed by atoms with van der Waals surface area (Å²) in [5.74, 6) is 0.145. The van der Waals surface area contributed by atoms with Crippen molar-refractivity contribution in [2.75, 3.05) is 13.1 Å². The molecule has 2 fully saturated rings. The van der Waals surface area contributed by atoms with Crippen molar-refractivity contribution in [2.24, 2.45) is 13.0 Å². The Hall–Kier alpha value is -3.18. The molecule has 182 valence electrons. The highest BCUT2D eigenvalue weighted by Gasteiger charge is 2.40. The smallest absolute Gasteiger partial charge is 0.250 e. The van der Waals surface area contributed by atoms with Crippen molar-refractivity contribution in [2.45, 2.75) is 51.1 Å². The molecule has 1 saturated heterocycles. The lowest BCUT2D eigenvalue weighted by atomic mass is 9.80. The molecule has 1 N–H and O–H groups in total. The monoisotopic (exact) mass is 469 g/mol. The molecule has 2 aromatic carbocycles. The standard InChI is InChI=1S/C30H35N3O2/c1-21-14-23(16-22-6-4-3-5-7-22)17-24(15-21)20-33(26-8-9-26)30(35)28-19-31-12-10-27(28)25-11-13-32(2)29(34)18-25/h3-7,11,13-15,17-18,26-28,31H,8-10,12,16,19-20H2,1-2H3. The molecule has 35 heavy (non-hydrogen) atoms. The quantitative estimate of drug-likeness (QED) is 0.565. The number of piperidine rings is 1. The molecule has 2 unspecified atom stereocenters. The average Bonchev–Trinajstić information content (AvgIpc) is 3.70. The predicted octanol–water partition coefficient (Wildman–Crippen LogP) is 4.17. The Kier molecular flexibility index (Phi) is 6.87. The van der Waals surface area contributed by atoms with Crippen LogP contribution in [0, 0.1) is 12.8 Å². The third kappa shape index (κ3) is 5.57. The second-order valence-corrected chi connectivity index (χ2v) is 10.3. The van der Waals surface area contributed by atoms with E-state index < -0.39 is 0 Å². The number of nitrogens with one attached hydrogen (secondary N) is 1. The van der Waals surface area contributed by atoms with Crippen LogP contribution in [0.1, 0.15) is 53.0 Å². The summed E-state index contributed by atoms with van der Waals surface area (Å²) in [6.07, 6.45) is 5.73. The predicted molar refractivity (Wildman–Crippen MR) is 139 cm³/mol. The van der Waals surface area contributed by atoms with Gasteiger partial charge in [-0.15, -0.1) is 0 Å². The minimum absolute atomic E-state index is 0.0167. The molecule has 1 amide bonds. The van der Waals surface area contributed by atoms with Crippen LogP contribution >= 0.6 is 0 Å². The zero-order chi connectivity index (χ0) is 24.4. The fraction of sp³-hybridized carbons (Fsp3) is 0.400. The largest absolute Gasteiger partial charge is 0.335 e. The zero-order valence-electron chi connectivity index (χ0n) is 20.7. The van der Waals surface area contributed by atoms with Gasteiger partial charge in [-0.05, 0) is 73.4 Å². The molecule has 2 atom stereocenters. The number of aromatic nitrogens is 1. The molecular formula is C30H35N3O2. The van der Waals surface area contributed by atoms with Gasteiger partial charge in [-0.2, -0.15) is 0 Å². The highest BCUT2D eigenvalue weighted by Crippen LogP contribution is 2.36. The highest BCUT2D eigenvalue weighted by molar-refractivity contribution is 5.81. The summed E-state index contributed by atoms with van der Waals surface area (Å²) >= 11 is 0. The molecule has 5 rings (SSSR count). The van der Waals surface area contributed by atoms with Gasteiger partial charge in [0.1, 0.15) is 0 Å². The maximum Gasteiger partial charge on any atom is 0.250 e. The Morgan fingerprint density at radius 1 is 1.00 bits per heavy atom. The van der Waals surface area contributed by atoms with E-state index in [1.54, 1.807) is 17.7 Å². The van der Waals surface area contributed by atoms with Crippen LogP contribution in [0.3, 0.4) is 0 Å². The van der Waals surface area contributed by atoms with E-state index in [9.17, 15) is 9.59 Å². The summed E-state index contributed by atoms with van der Waals surface area (Å²) in [6.45, 7) is 4.31. The van der Waals surface area contributed by atoms with E-state index in [2.05, 4.69) is 59.6 Å². The minimum atomic E-state index is -0.148. The van der Waals surface area contributed by atoms with Gasteiger partial charge < -0.3 is 14.8 Å². The van der Waals surface area contributed by atoms with Crippen molar-refractivity contribution in [3.8, 4) is 0 Å². The molecule has 0 radical (unpaired) electrons. The van der Waals surface area contributed by atoms with E-state index in [0.717, 1.165) is 37.8 Å². The summed E-state index contributed by atoms with van der Waals surface area (Å²) in [5, 5.41) is 3.43. The molecule has 1 aromatic heterocycles. The number of rotatable bonds is 7. The molecule has 5 heteroatoms.